The molecular formula is C27H23Cl3N2O3. The molecule has 2 aromatic carbocycles. The summed E-state index contributed by atoms with van der Waals surface area (Å²) in [6, 6.07) is 12.6. The number of rotatable bonds is 4. The summed E-state index contributed by atoms with van der Waals surface area (Å²) >= 11 is 18.9. The number of nitrogens with zero attached hydrogens (tertiary/aromatic N) is 2. The molecule has 0 saturated heterocycles. The monoisotopic (exact) mass is 528 g/mol. The molecule has 0 bridgehead atoms. The average Bonchev–Trinajstić information content (AvgIpc) is 3.21. The largest absolute Gasteiger partial charge is 0.465 e. The fourth-order valence-electron chi connectivity index (χ4n) is 4.33. The van der Waals surface area contributed by atoms with Gasteiger partial charge in [0.1, 0.15) is 0 Å². The van der Waals surface area contributed by atoms with Gasteiger partial charge in [0.15, 0.2) is 0 Å². The van der Waals surface area contributed by atoms with Crippen molar-refractivity contribution in [3.63, 3.8) is 0 Å². The summed E-state index contributed by atoms with van der Waals surface area (Å²) in [6.07, 6.45) is 1.72. The maximum Gasteiger partial charge on any atom is 0.340 e. The van der Waals surface area contributed by atoms with Gasteiger partial charge < -0.3 is 9.30 Å². The number of aromatic nitrogens is 1. The van der Waals surface area contributed by atoms with E-state index in [0.29, 0.717) is 26.5 Å². The third-order valence-corrected chi connectivity index (χ3v) is 7.07. The Morgan fingerprint density at radius 2 is 1.66 bits per heavy atom. The molecule has 8 heteroatoms. The van der Waals surface area contributed by atoms with Crippen LogP contribution in [0.2, 0.25) is 15.1 Å². The van der Waals surface area contributed by atoms with Crippen LogP contribution >= 0.6 is 34.8 Å². The number of ether oxygens (including phenoxy) is 1. The molecule has 0 fully saturated rings. The van der Waals surface area contributed by atoms with E-state index in [4.69, 9.17) is 39.5 Å². The number of methoxy groups -OCH3 is 1. The molecule has 0 aliphatic carbocycles. The van der Waals surface area contributed by atoms with Gasteiger partial charge in [0.2, 0.25) is 0 Å². The molecule has 4 rings (SSSR count). The molecular weight excluding hydrogens is 507 g/mol. The molecule has 0 radical (unpaired) electrons. The highest BCUT2D eigenvalue weighted by atomic mass is 35.5. The van der Waals surface area contributed by atoms with Gasteiger partial charge >= 0.3 is 5.97 Å². The molecule has 1 aliphatic rings. The Morgan fingerprint density at radius 3 is 2.29 bits per heavy atom. The van der Waals surface area contributed by atoms with Gasteiger partial charge in [-0.25, -0.2) is 4.79 Å². The van der Waals surface area contributed by atoms with Gasteiger partial charge in [-0.1, -0.05) is 40.9 Å². The van der Waals surface area contributed by atoms with Gasteiger partial charge in [-0.2, -0.15) is 0 Å². The van der Waals surface area contributed by atoms with E-state index < -0.39 is 5.97 Å². The summed E-state index contributed by atoms with van der Waals surface area (Å²) in [5.74, 6) is -0.922. The van der Waals surface area contributed by atoms with Gasteiger partial charge in [0, 0.05) is 27.1 Å². The van der Waals surface area contributed by atoms with Crippen LogP contribution in [0.25, 0.3) is 11.8 Å². The van der Waals surface area contributed by atoms with Crippen molar-refractivity contribution in [2.45, 2.75) is 27.7 Å². The first-order valence-corrected chi connectivity index (χ1v) is 11.9. The summed E-state index contributed by atoms with van der Waals surface area (Å²) in [7, 11) is 1.30. The van der Waals surface area contributed by atoms with Crippen molar-refractivity contribution in [1.29, 1.82) is 0 Å². The second-order valence-corrected chi connectivity index (χ2v) is 9.59. The van der Waals surface area contributed by atoms with Crippen LogP contribution in [-0.4, -0.2) is 23.6 Å². The third kappa shape index (κ3) is 4.40. The van der Waals surface area contributed by atoms with Crippen molar-refractivity contribution < 1.29 is 14.3 Å². The number of esters is 1. The molecule has 180 valence electrons. The molecule has 0 saturated carbocycles. The summed E-state index contributed by atoms with van der Waals surface area (Å²) in [4.78, 5) is 27.9. The predicted molar refractivity (Wildman–Crippen MR) is 142 cm³/mol. The maximum absolute atomic E-state index is 13.6. The Hall–Kier alpha value is -2.99. The number of benzene rings is 2. The van der Waals surface area contributed by atoms with Crippen molar-refractivity contribution in [2.75, 3.05) is 12.0 Å². The van der Waals surface area contributed by atoms with Crippen LogP contribution in [0.15, 0.2) is 59.3 Å². The minimum absolute atomic E-state index is 0.212. The van der Waals surface area contributed by atoms with E-state index in [0.717, 1.165) is 28.2 Å². The SMILES string of the molecule is COC(=O)C1=C(C)N(c2ccc(C)c(Cl)c2)C(=O)/C1=C\c1cc(C)n(-c2ccc(Cl)cc2Cl)c1C. The summed E-state index contributed by atoms with van der Waals surface area (Å²) in [5.41, 5.74) is 5.70. The van der Waals surface area contributed by atoms with E-state index in [9.17, 15) is 9.59 Å². The van der Waals surface area contributed by atoms with Gasteiger partial charge in [-0.3, -0.25) is 9.69 Å². The van der Waals surface area contributed by atoms with Gasteiger partial charge in [-0.05, 0) is 81.3 Å². The standard InChI is InChI=1S/C27H23Cl3N2O3/c1-14-6-8-20(13-22(14)29)32-17(4)25(27(34)35-5)21(26(32)33)11-18-10-15(2)31(16(18)3)24-9-7-19(28)12-23(24)30/h6-13H,1-5H3/b21-11-. The lowest BCUT2D eigenvalue weighted by molar-refractivity contribution is -0.136. The number of carbonyl (C=O) groups excluding carboxylic acids is 2. The zero-order valence-corrected chi connectivity index (χ0v) is 22.1. The molecule has 2 heterocycles. The summed E-state index contributed by atoms with van der Waals surface area (Å²) in [6.45, 7) is 7.47. The number of hydrogen-bond acceptors (Lipinski definition) is 3. The lowest BCUT2D eigenvalue weighted by Gasteiger charge is -2.18. The average molecular weight is 530 g/mol. The lowest BCUT2D eigenvalue weighted by Crippen LogP contribution is -2.24. The second kappa shape index (κ2) is 9.57. The van der Waals surface area contributed by atoms with Crippen molar-refractivity contribution in [3.05, 3.63) is 96.9 Å². The van der Waals surface area contributed by atoms with E-state index in [1.165, 1.54) is 12.0 Å². The Morgan fingerprint density at radius 1 is 0.943 bits per heavy atom. The molecule has 1 amide bonds. The Balaban J connectivity index is 1.86. The van der Waals surface area contributed by atoms with E-state index in [1.807, 2.05) is 43.5 Å². The maximum atomic E-state index is 13.6. The number of carbonyl (C=O) groups is 2. The predicted octanol–water partition coefficient (Wildman–Crippen LogP) is 7.24. The van der Waals surface area contributed by atoms with Crippen molar-refractivity contribution in [3.8, 4) is 5.69 Å². The van der Waals surface area contributed by atoms with Crippen LogP contribution in [0.4, 0.5) is 5.69 Å². The van der Waals surface area contributed by atoms with Crippen LogP contribution in [-0.2, 0) is 14.3 Å². The van der Waals surface area contributed by atoms with Gasteiger partial charge in [0.05, 0.1) is 34.7 Å². The molecule has 0 spiro atoms. The number of anilines is 1. The second-order valence-electron chi connectivity index (χ2n) is 8.34. The quantitative estimate of drug-likeness (QED) is 0.264. The number of halogens is 3. The molecule has 0 N–H and O–H groups in total. The molecule has 1 aliphatic heterocycles. The van der Waals surface area contributed by atoms with Crippen LogP contribution in [0.3, 0.4) is 0 Å². The number of amides is 1. The smallest absolute Gasteiger partial charge is 0.340 e. The first-order valence-electron chi connectivity index (χ1n) is 10.8. The molecule has 35 heavy (non-hydrogen) atoms. The molecule has 1 aromatic heterocycles. The highest BCUT2D eigenvalue weighted by Crippen LogP contribution is 2.38. The zero-order valence-electron chi connectivity index (χ0n) is 19.9. The highest BCUT2D eigenvalue weighted by molar-refractivity contribution is 6.35. The first-order chi connectivity index (χ1) is 16.5. The lowest BCUT2D eigenvalue weighted by atomic mass is 10.0. The fraction of sp³-hybridized carbons (Fsp3) is 0.185. The number of aryl methyl sites for hydroxylation is 2. The molecule has 0 unspecified atom stereocenters. The fourth-order valence-corrected chi connectivity index (χ4v) is 5.00. The molecule has 0 atom stereocenters. The summed E-state index contributed by atoms with van der Waals surface area (Å²) < 4.78 is 7.01. The third-order valence-electron chi connectivity index (χ3n) is 6.12. The van der Waals surface area contributed by atoms with Crippen LogP contribution in [0.1, 0.15) is 29.4 Å². The minimum Gasteiger partial charge on any atom is -0.465 e. The van der Waals surface area contributed by atoms with Crippen molar-refractivity contribution in [2.24, 2.45) is 0 Å². The van der Waals surface area contributed by atoms with E-state index >= 15 is 0 Å². The van der Waals surface area contributed by atoms with Gasteiger partial charge in [0.25, 0.3) is 5.91 Å². The number of hydrogen-bond donors (Lipinski definition) is 0. The van der Waals surface area contributed by atoms with Crippen molar-refractivity contribution >= 4 is 58.4 Å². The number of allylic oxidation sites excluding steroid dienone is 1. The van der Waals surface area contributed by atoms with E-state index in [-0.39, 0.29) is 17.1 Å². The topological polar surface area (TPSA) is 51.5 Å². The zero-order chi connectivity index (χ0) is 25.6. The van der Waals surface area contributed by atoms with E-state index in [1.54, 1.807) is 37.3 Å². The van der Waals surface area contributed by atoms with Crippen LogP contribution in [0.5, 0.6) is 0 Å². The highest BCUT2D eigenvalue weighted by Gasteiger charge is 2.38. The first kappa shape index (κ1) is 25.1. The van der Waals surface area contributed by atoms with Crippen molar-refractivity contribution in [1.82, 2.24) is 4.57 Å². The molecule has 5 nitrogen and oxygen atoms in total. The Kier molecular flexibility index (Phi) is 6.87. The van der Waals surface area contributed by atoms with E-state index in [2.05, 4.69) is 0 Å². The Bertz CT molecular complexity index is 1450. The minimum atomic E-state index is -0.586. The molecule has 3 aromatic rings. The normalized spacial score (nSPS) is 14.9. The van der Waals surface area contributed by atoms with Gasteiger partial charge in [-0.15, -0.1) is 0 Å². The van der Waals surface area contributed by atoms with Crippen LogP contribution < -0.4 is 4.90 Å². The van der Waals surface area contributed by atoms with Crippen LogP contribution in [0, 0.1) is 20.8 Å². The summed E-state index contributed by atoms with van der Waals surface area (Å²) in [5, 5.41) is 1.58. The Labute approximate surface area is 219 Å².